The minimum atomic E-state index is -4.46. The Bertz CT molecular complexity index is 258. The molecular formula is C9H15F3N2O2. The molecule has 1 amide bonds. The first-order chi connectivity index (χ1) is 7.33. The lowest BCUT2D eigenvalue weighted by atomic mass is 10.1. The van der Waals surface area contributed by atoms with Gasteiger partial charge in [0, 0.05) is 13.1 Å². The summed E-state index contributed by atoms with van der Waals surface area (Å²) in [4.78, 5) is 12.6. The Kier molecular flexibility index (Phi) is 4.15. The molecule has 7 heteroatoms. The van der Waals surface area contributed by atoms with Crippen molar-refractivity contribution in [2.24, 2.45) is 5.73 Å². The molecular weight excluding hydrogens is 225 g/mol. The third-order valence-electron chi connectivity index (χ3n) is 2.44. The average molecular weight is 240 g/mol. The predicted octanol–water partition coefficient (Wildman–Crippen LogP) is 0.513. The van der Waals surface area contributed by atoms with Crippen LogP contribution in [-0.2, 0) is 9.53 Å². The molecule has 0 aromatic heterocycles. The normalized spacial score (nSPS) is 26.9. The molecule has 1 rings (SSSR count). The molecule has 1 aliphatic heterocycles. The van der Waals surface area contributed by atoms with Gasteiger partial charge in [-0.3, -0.25) is 4.79 Å². The van der Waals surface area contributed by atoms with Crippen LogP contribution in [-0.4, -0.2) is 48.8 Å². The van der Waals surface area contributed by atoms with Gasteiger partial charge in [0.05, 0.1) is 18.8 Å². The molecule has 0 spiro atoms. The van der Waals surface area contributed by atoms with Crippen LogP contribution in [0.4, 0.5) is 13.2 Å². The highest BCUT2D eigenvalue weighted by molar-refractivity contribution is 5.77. The maximum atomic E-state index is 12.1. The molecule has 0 aromatic carbocycles. The third-order valence-corrected chi connectivity index (χ3v) is 2.44. The van der Waals surface area contributed by atoms with Gasteiger partial charge >= 0.3 is 6.18 Å². The van der Waals surface area contributed by atoms with Crippen molar-refractivity contribution in [1.82, 2.24) is 4.90 Å². The standard InChI is InChI=1S/C9H15F3N2O2/c1-6-5-16-7(3-13)4-14(6)8(15)2-9(10,11)12/h6-7H,2-5,13H2,1H3. The van der Waals surface area contributed by atoms with E-state index in [1.165, 1.54) is 4.90 Å². The smallest absolute Gasteiger partial charge is 0.373 e. The van der Waals surface area contributed by atoms with Gasteiger partial charge in [-0.2, -0.15) is 13.2 Å². The quantitative estimate of drug-likeness (QED) is 0.765. The van der Waals surface area contributed by atoms with Crippen LogP contribution in [0, 0.1) is 0 Å². The van der Waals surface area contributed by atoms with Gasteiger partial charge in [0.2, 0.25) is 5.91 Å². The number of hydrogen-bond acceptors (Lipinski definition) is 3. The van der Waals surface area contributed by atoms with E-state index >= 15 is 0 Å². The molecule has 0 aromatic rings. The van der Waals surface area contributed by atoms with Gasteiger partial charge in [0.15, 0.2) is 0 Å². The fourth-order valence-corrected chi connectivity index (χ4v) is 1.58. The number of morpholine rings is 1. The second kappa shape index (κ2) is 5.01. The Hall–Kier alpha value is -0.820. The average Bonchev–Trinajstić information content (AvgIpc) is 2.15. The van der Waals surface area contributed by atoms with Crippen molar-refractivity contribution in [2.45, 2.75) is 31.7 Å². The number of amides is 1. The minimum absolute atomic E-state index is 0.132. The molecule has 4 nitrogen and oxygen atoms in total. The summed E-state index contributed by atoms with van der Waals surface area (Å²) in [6.45, 7) is 2.21. The first kappa shape index (κ1) is 13.2. The van der Waals surface area contributed by atoms with Crippen LogP contribution in [0.2, 0.25) is 0 Å². The highest BCUT2D eigenvalue weighted by Gasteiger charge is 2.37. The number of ether oxygens (including phenoxy) is 1. The summed E-state index contributed by atoms with van der Waals surface area (Å²) in [6, 6.07) is -0.336. The summed E-state index contributed by atoms with van der Waals surface area (Å²) in [7, 11) is 0. The van der Waals surface area contributed by atoms with Crippen molar-refractivity contribution in [2.75, 3.05) is 19.7 Å². The largest absolute Gasteiger partial charge is 0.397 e. The Morgan fingerprint density at radius 3 is 2.69 bits per heavy atom. The van der Waals surface area contributed by atoms with Crippen LogP contribution < -0.4 is 5.73 Å². The number of nitrogens with zero attached hydrogens (tertiary/aromatic N) is 1. The minimum Gasteiger partial charge on any atom is -0.373 e. The van der Waals surface area contributed by atoms with Crippen molar-refractivity contribution in [3.8, 4) is 0 Å². The van der Waals surface area contributed by atoms with Crippen molar-refractivity contribution in [3.63, 3.8) is 0 Å². The van der Waals surface area contributed by atoms with E-state index in [9.17, 15) is 18.0 Å². The Balaban J connectivity index is 2.59. The molecule has 2 unspecified atom stereocenters. The van der Waals surface area contributed by atoms with Gasteiger partial charge in [-0.05, 0) is 6.92 Å². The fraction of sp³-hybridized carbons (Fsp3) is 0.889. The summed E-state index contributed by atoms with van der Waals surface area (Å²) < 4.78 is 41.4. The van der Waals surface area contributed by atoms with E-state index in [1.54, 1.807) is 6.92 Å². The topological polar surface area (TPSA) is 55.6 Å². The van der Waals surface area contributed by atoms with Crippen LogP contribution >= 0.6 is 0 Å². The molecule has 1 fully saturated rings. The molecule has 2 atom stereocenters. The summed E-state index contributed by atoms with van der Waals surface area (Å²) in [5.41, 5.74) is 5.35. The summed E-state index contributed by atoms with van der Waals surface area (Å²) in [5.74, 6) is -0.915. The summed E-state index contributed by atoms with van der Waals surface area (Å²) in [5, 5.41) is 0. The zero-order valence-electron chi connectivity index (χ0n) is 8.96. The van der Waals surface area contributed by atoms with Crippen molar-refractivity contribution < 1.29 is 22.7 Å². The van der Waals surface area contributed by atoms with E-state index in [2.05, 4.69) is 0 Å². The highest BCUT2D eigenvalue weighted by atomic mass is 19.4. The molecule has 0 radical (unpaired) electrons. The van der Waals surface area contributed by atoms with E-state index in [1.807, 2.05) is 0 Å². The van der Waals surface area contributed by atoms with Crippen LogP contribution in [0.15, 0.2) is 0 Å². The van der Waals surface area contributed by atoms with Gasteiger partial charge in [-0.25, -0.2) is 0 Å². The maximum absolute atomic E-state index is 12.1. The molecule has 2 N–H and O–H groups in total. The highest BCUT2D eigenvalue weighted by Crippen LogP contribution is 2.22. The summed E-state index contributed by atoms with van der Waals surface area (Å²) in [6.07, 6.45) is -6.25. The van der Waals surface area contributed by atoms with Gasteiger partial charge in [-0.1, -0.05) is 0 Å². The van der Waals surface area contributed by atoms with Crippen LogP contribution in [0.25, 0.3) is 0 Å². The summed E-state index contributed by atoms with van der Waals surface area (Å²) >= 11 is 0. The molecule has 0 bridgehead atoms. The van der Waals surface area contributed by atoms with Crippen molar-refractivity contribution in [3.05, 3.63) is 0 Å². The van der Waals surface area contributed by atoms with E-state index in [4.69, 9.17) is 10.5 Å². The van der Waals surface area contributed by atoms with E-state index in [-0.39, 0.29) is 31.8 Å². The predicted molar refractivity (Wildman–Crippen MR) is 50.6 cm³/mol. The second-order valence-corrected chi connectivity index (χ2v) is 3.88. The van der Waals surface area contributed by atoms with Gasteiger partial charge < -0.3 is 15.4 Å². The first-order valence-electron chi connectivity index (χ1n) is 5.01. The van der Waals surface area contributed by atoms with E-state index in [0.717, 1.165) is 0 Å². The number of alkyl halides is 3. The second-order valence-electron chi connectivity index (χ2n) is 3.88. The Morgan fingerprint density at radius 1 is 1.56 bits per heavy atom. The lowest BCUT2D eigenvalue weighted by molar-refractivity contribution is -0.169. The molecule has 1 saturated heterocycles. The van der Waals surface area contributed by atoms with Crippen molar-refractivity contribution >= 4 is 5.91 Å². The molecule has 94 valence electrons. The van der Waals surface area contributed by atoms with E-state index < -0.39 is 18.5 Å². The number of halogens is 3. The lowest BCUT2D eigenvalue weighted by Gasteiger charge is -2.37. The molecule has 0 saturated carbocycles. The number of hydrogen-bond donors (Lipinski definition) is 1. The molecule has 1 heterocycles. The van der Waals surface area contributed by atoms with Crippen LogP contribution in [0.5, 0.6) is 0 Å². The zero-order valence-corrected chi connectivity index (χ0v) is 8.96. The SMILES string of the molecule is CC1COC(CN)CN1C(=O)CC(F)(F)F. The Labute approximate surface area is 91.5 Å². The van der Waals surface area contributed by atoms with Gasteiger partial charge in [0.25, 0.3) is 0 Å². The Morgan fingerprint density at radius 2 is 2.19 bits per heavy atom. The molecule has 1 aliphatic rings. The number of carbonyl (C=O) groups is 1. The van der Waals surface area contributed by atoms with Gasteiger partial charge in [0.1, 0.15) is 6.42 Å². The molecule has 16 heavy (non-hydrogen) atoms. The lowest BCUT2D eigenvalue weighted by Crippen LogP contribution is -2.53. The fourth-order valence-electron chi connectivity index (χ4n) is 1.58. The van der Waals surface area contributed by atoms with Gasteiger partial charge in [-0.15, -0.1) is 0 Å². The number of carbonyl (C=O) groups excluding carboxylic acids is 1. The third kappa shape index (κ3) is 3.64. The number of rotatable bonds is 2. The maximum Gasteiger partial charge on any atom is 0.397 e. The van der Waals surface area contributed by atoms with Crippen LogP contribution in [0.3, 0.4) is 0 Å². The number of nitrogens with two attached hydrogens (primary N) is 1. The van der Waals surface area contributed by atoms with E-state index in [0.29, 0.717) is 0 Å². The zero-order chi connectivity index (χ0) is 12.3. The first-order valence-corrected chi connectivity index (χ1v) is 5.01. The molecule has 0 aliphatic carbocycles. The van der Waals surface area contributed by atoms with Crippen molar-refractivity contribution in [1.29, 1.82) is 0 Å². The monoisotopic (exact) mass is 240 g/mol. The van der Waals surface area contributed by atoms with Crippen LogP contribution in [0.1, 0.15) is 13.3 Å².